The lowest BCUT2D eigenvalue weighted by atomic mass is 10.1. The Hall–Kier alpha value is -1.14. The van der Waals surface area contributed by atoms with E-state index in [1.807, 2.05) is 11.6 Å². The molecule has 6 heteroatoms. The summed E-state index contributed by atoms with van der Waals surface area (Å²) in [5, 5.41) is 3.12. The standard InChI is InChI=1S/C15H24N4OS/c1-13(14(20)18-6-3-2-4-7-18)17-8-10-19(11-9-17)15-16-5-12-21-15/h5,12-13H,2-4,6-11H2,1H3/t13-/m0/s1. The maximum Gasteiger partial charge on any atom is 0.239 e. The molecule has 1 atom stereocenters. The molecule has 3 heterocycles. The van der Waals surface area contributed by atoms with Crippen LogP contribution >= 0.6 is 11.3 Å². The molecule has 1 aromatic heterocycles. The number of piperazine rings is 1. The smallest absolute Gasteiger partial charge is 0.239 e. The molecule has 0 radical (unpaired) electrons. The highest BCUT2D eigenvalue weighted by molar-refractivity contribution is 7.13. The van der Waals surface area contributed by atoms with Gasteiger partial charge in [0, 0.05) is 50.8 Å². The Kier molecular flexibility index (Phi) is 4.75. The van der Waals surface area contributed by atoms with E-state index in [9.17, 15) is 4.79 Å². The second-order valence-electron chi connectivity index (χ2n) is 5.90. The highest BCUT2D eigenvalue weighted by Crippen LogP contribution is 2.20. The molecule has 1 amide bonds. The number of likely N-dealkylation sites (tertiary alicyclic amines) is 1. The molecule has 1 aromatic rings. The summed E-state index contributed by atoms with van der Waals surface area (Å²) in [5.41, 5.74) is 0. The molecule has 2 saturated heterocycles. The fourth-order valence-electron chi connectivity index (χ4n) is 3.21. The lowest BCUT2D eigenvalue weighted by molar-refractivity contribution is -0.137. The van der Waals surface area contributed by atoms with Gasteiger partial charge in [-0.3, -0.25) is 9.69 Å². The molecule has 0 saturated carbocycles. The SMILES string of the molecule is C[C@@H](C(=O)N1CCCCC1)N1CCN(c2nccs2)CC1. The summed E-state index contributed by atoms with van der Waals surface area (Å²) >= 11 is 1.69. The van der Waals surface area contributed by atoms with Gasteiger partial charge in [0.1, 0.15) is 0 Å². The van der Waals surface area contributed by atoms with Gasteiger partial charge in [-0.2, -0.15) is 0 Å². The van der Waals surface area contributed by atoms with Crippen LogP contribution in [0.2, 0.25) is 0 Å². The van der Waals surface area contributed by atoms with Crippen molar-refractivity contribution in [3.8, 4) is 0 Å². The molecule has 3 rings (SSSR count). The van der Waals surface area contributed by atoms with E-state index in [-0.39, 0.29) is 6.04 Å². The fourth-order valence-corrected chi connectivity index (χ4v) is 3.90. The Morgan fingerprint density at radius 1 is 1.14 bits per heavy atom. The second-order valence-corrected chi connectivity index (χ2v) is 6.77. The van der Waals surface area contributed by atoms with E-state index in [1.165, 1.54) is 6.42 Å². The van der Waals surface area contributed by atoms with Gasteiger partial charge in [-0.25, -0.2) is 4.98 Å². The van der Waals surface area contributed by atoms with Crippen molar-refractivity contribution in [1.29, 1.82) is 0 Å². The van der Waals surface area contributed by atoms with Crippen molar-refractivity contribution in [2.24, 2.45) is 0 Å². The van der Waals surface area contributed by atoms with E-state index in [2.05, 4.69) is 26.6 Å². The number of carbonyl (C=O) groups excluding carboxylic acids is 1. The van der Waals surface area contributed by atoms with Gasteiger partial charge in [-0.05, 0) is 26.2 Å². The molecule has 2 aliphatic heterocycles. The van der Waals surface area contributed by atoms with Crippen LogP contribution in [0.15, 0.2) is 11.6 Å². The Labute approximate surface area is 130 Å². The second kappa shape index (κ2) is 6.75. The Morgan fingerprint density at radius 2 is 1.86 bits per heavy atom. The van der Waals surface area contributed by atoms with Gasteiger partial charge in [-0.15, -0.1) is 11.3 Å². The molecular weight excluding hydrogens is 284 g/mol. The number of hydrogen-bond acceptors (Lipinski definition) is 5. The number of anilines is 1. The minimum Gasteiger partial charge on any atom is -0.346 e. The van der Waals surface area contributed by atoms with Crippen LogP contribution in [0, 0.1) is 0 Å². The maximum atomic E-state index is 12.6. The third kappa shape index (κ3) is 3.37. The summed E-state index contributed by atoms with van der Waals surface area (Å²) in [6.45, 7) is 7.78. The van der Waals surface area contributed by atoms with Crippen LogP contribution in [0.1, 0.15) is 26.2 Å². The number of nitrogens with zero attached hydrogens (tertiary/aromatic N) is 4. The summed E-state index contributed by atoms with van der Waals surface area (Å²) in [7, 11) is 0. The number of piperidine rings is 1. The zero-order valence-corrected chi connectivity index (χ0v) is 13.5. The number of amides is 1. The maximum absolute atomic E-state index is 12.6. The van der Waals surface area contributed by atoms with Crippen molar-refractivity contribution in [3.63, 3.8) is 0 Å². The number of thiazole rings is 1. The average Bonchev–Trinajstić information content (AvgIpc) is 3.09. The normalized spacial score (nSPS) is 22.3. The molecule has 116 valence electrons. The lowest BCUT2D eigenvalue weighted by Crippen LogP contribution is -2.55. The zero-order valence-electron chi connectivity index (χ0n) is 12.7. The summed E-state index contributed by atoms with van der Waals surface area (Å²) in [6.07, 6.45) is 5.45. The van der Waals surface area contributed by atoms with Crippen molar-refractivity contribution in [3.05, 3.63) is 11.6 Å². The van der Waals surface area contributed by atoms with Gasteiger partial charge >= 0.3 is 0 Å². The lowest BCUT2D eigenvalue weighted by Gasteiger charge is -2.39. The van der Waals surface area contributed by atoms with Crippen LogP contribution < -0.4 is 4.90 Å². The highest BCUT2D eigenvalue weighted by atomic mass is 32.1. The molecule has 0 N–H and O–H groups in total. The third-order valence-electron chi connectivity index (χ3n) is 4.58. The van der Waals surface area contributed by atoms with Crippen LogP contribution in [0.4, 0.5) is 5.13 Å². The van der Waals surface area contributed by atoms with Gasteiger partial charge in [-0.1, -0.05) is 0 Å². The molecule has 0 bridgehead atoms. The molecule has 5 nitrogen and oxygen atoms in total. The van der Waals surface area contributed by atoms with E-state index >= 15 is 0 Å². The predicted molar refractivity (Wildman–Crippen MR) is 85.8 cm³/mol. The Balaban J connectivity index is 1.52. The quantitative estimate of drug-likeness (QED) is 0.851. The van der Waals surface area contributed by atoms with Crippen LogP contribution in [0.5, 0.6) is 0 Å². The molecule has 2 aliphatic rings. The van der Waals surface area contributed by atoms with Crippen LogP contribution in [0.3, 0.4) is 0 Å². The van der Waals surface area contributed by atoms with E-state index in [0.29, 0.717) is 5.91 Å². The first-order chi connectivity index (χ1) is 10.3. The minimum atomic E-state index is 0.0153. The molecular formula is C15H24N4OS. The largest absolute Gasteiger partial charge is 0.346 e. The van der Waals surface area contributed by atoms with E-state index in [4.69, 9.17) is 0 Å². The van der Waals surface area contributed by atoms with E-state index < -0.39 is 0 Å². The summed E-state index contributed by atoms with van der Waals surface area (Å²) in [5.74, 6) is 0.317. The van der Waals surface area contributed by atoms with Gasteiger partial charge in [0.25, 0.3) is 0 Å². The number of carbonyl (C=O) groups is 1. The monoisotopic (exact) mass is 308 g/mol. The molecule has 21 heavy (non-hydrogen) atoms. The fraction of sp³-hybridized carbons (Fsp3) is 0.733. The summed E-state index contributed by atoms with van der Waals surface area (Å²) < 4.78 is 0. The van der Waals surface area contributed by atoms with Crippen LogP contribution in [-0.4, -0.2) is 66.0 Å². The van der Waals surface area contributed by atoms with Gasteiger partial charge in [0.2, 0.25) is 5.91 Å². The molecule has 2 fully saturated rings. The Morgan fingerprint density at radius 3 is 2.48 bits per heavy atom. The molecule has 0 aliphatic carbocycles. The van der Waals surface area contributed by atoms with Gasteiger partial charge in [0.15, 0.2) is 5.13 Å². The van der Waals surface area contributed by atoms with Crippen LogP contribution in [-0.2, 0) is 4.79 Å². The molecule has 0 aromatic carbocycles. The predicted octanol–water partition coefficient (Wildman–Crippen LogP) is 1.67. The third-order valence-corrected chi connectivity index (χ3v) is 5.41. The van der Waals surface area contributed by atoms with Crippen molar-refractivity contribution >= 4 is 22.4 Å². The van der Waals surface area contributed by atoms with E-state index in [1.54, 1.807) is 11.3 Å². The van der Waals surface area contributed by atoms with E-state index in [0.717, 1.165) is 57.2 Å². The summed E-state index contributed by atoms with van der Waals surface area (Å²) in [6, 6.07) is 0.0153. The zero-order chi connectivity index (χ0) is 14.7. The number of hydrogen-bond donors (Lipinski definition) is 0. The first kappa shape index (κ1) is 14.8. The van der Waals surface area contributed by atoms with Crippen molar-refractivity contribution < 1.29 is 4.79 Å². The van der Waals surface area contributed by atoms with Crippen LogP contribution in [0.25, 0.3) is 0 Å². The summed E-state index contributed by atoms with van der Waals surface area (Å²) in [4.78, 5) is 23.6. The first-order valence-electron chi connectivity index (χ1n) is 7.93. The average molecular weight is 308 g/mol. The first-order valence-corrected chi connectivity index (χ1v) is 8.81. The van der Waals surface area contributed by atoms with Gasteiger partial charge < -0.3 is 9.80 Å². The van der Waals surface area contributed by atoms with Gasteiger partial charge in [0.05, 0.1) is 6.04 Å². The molecule has 0 unspecified atom stereocenters. The minimum absolute atomic E-state index is 0.0153. The Bertz CT molecular complexity index is 450. The van der Waals surface area contributed by atoms with Crippen molar-refractivity contribution in [2.75, 3.05) is 44.2 Å². The highest BCUT2D eigenvalue weighted by Gasteiger charge is 2.29. The molecule has 0 spiro atoms. The number of rotatable bonds is 3. The number of aromatic nitrogens is 1. The van der Waals surface area contributed by atoms with Crippen molar-refractivity contribution in [1.82, 2.24) is 14.8 Å². The van der Waals surface area contributed by atoms with Crippen molar-refractivity contribution in [2.45, 2.75) is 32.2 Å². The topological polar surface area (TPSA) is 39.7 Å².